The molecular formula is C11H9FN4O. The van der Waals surface area contributed by atoms with Crippen LogP contribution in [0, 0.1) is 12.7 Å². The number of para-hydroxylation sites is 1. The monoisotopic (exact) mass is 232 g/mol. The number of amides is 1. The summed E-state index contributed by atoms with van der Waals surface area (Å²) in [7, 11) is 0. The number of nitrogens with one attached hydrogen (secondary N) is 1. The molecule has 2 aromatic heterocycles. The molecular weight excluding hydrogens is 223 g/mol. The van der Waals surface area contributed by atoms with Crippen LogP contribution in [0.15, 0.2) is 18.2 Å². The van der Waals surface area contributed by atoms with Crippen molar-refractivity contribution in [1.82, 2.24) is 14.6 Å². The molecule has 1 aromatic carbocycles. The molecule has 1 amide bonds. The summed E-state index contributed by atoms with van der Waals surface area (Å²) in [5.41, 5.74) is 7.18. The lowest BCUT2D eigenvalue weighted by Gasteiger charge is -1.98. The van der Waals surface area contributed by atoms with Gasteiger partial charge in [-0.25, -0.2) is 13.9 Å². The quantitative estimate of drug-likeness (QED) is 0.664. The number of carbonyl (C=O) groups is 1. The number of hydrogen-bond donors (Lipinski definition) is 2. The highest BCUT2D eigenvalue weighted by molar-refractivity contribution is 6.05. The van der Waals surface area contributed by atoms with E-state index in [0.29, 0.717) is 22.3 Å². The number of aryl methyl sites for hydroxylation is 1. The third-order valence-corrected chi connectivity index (χ3v) is 2.75. The summed E-state index contributed by atoms with van der Waals surface area (Å²) in [6.45, 7) is 1.60. The summed E-state index contributed by atoms with van der Waals surface area (Å²) in [5.74, 6) is -0.985. The van der Waals surface area contributed by atoms with Gasteiger partial charge in [0.15, 0.2) is 11.5 Å². The fraction of sp³-hybridized carbons (Fsp3) is 0.0909. The standard InChI is InChI=1S/C11H9FN4O/c1-5-8(12)11-14-7-4-2-3-6(10(13)17)9(7)16(11)15-5/h2-4,15H,1H3,(H2,13,17). The lowest BCUT2D eigenvalue weighted by atomic mass is 10.2. The molecule has 3 aromatic rings. The molecule has 0 spiro atoms. The zero-order valence-corrected chi connectivity index (χ0v) is 8.99. The van der Waals surface area contributed by atoms with Crippen LogP contribution in [0.25, 0.3) is 16.7 Å². The van der Waals surface area contributed by atoms with Gasteiger partial charge in [0.05, 0.1) is 16.8 Å². The highest BCUT2D eigenvalue weighted by Gasteiger charge is 2.17. The minimum Gasteiger partial charge on any atom is -0.366 e. The van der Waals surface area contributed by atoms with Gasteiger partial charge in [0, 0.05) is 0 Å². The average molecular weight is 232 g/mol. The number of hydrogen-bond acceptors (Lipinski definition) is 2. The lowest BCUT2D eigenvalue weighted by molar-refractivity contribution is 0.100. The Kier molecular flexibility index (Phi) is 1.77. The Labute approximate surface area is 95.0 Å². The van der Waals surface area contributed by atoms with Gasteiger partial charge in [0.2, 0.25) is 0 Å². The van der Waals surface area contributed by atoms with E-state index >= 15 is 0 Å². The third-order valence-electron chi connectivity index (χ3n) is 2.75. The molecule has 0 unspecified atom stereocenters. The van der Waals surface area contributed by atoms with Crippen LogP contribution in [0.5, 0.6) is 0 Å². The fourth-order valence-electron chi connectivity index (χ4n) is 1.97. The molecule has 0 aliphatic carbocycles. The zero-order chi connectivity index (χ0) is 12.2. The number of nitrogens with two attached hydrogens (primary N) is 1. The van der Waals surface area contributed by atoms with Crippen molar-refractivity contribution in [1.29, 1.82) is 0 Å². The molecule has 0 atom stereocenters. The van der Waals surface area contributed by atoms with Gasteiger partial charge in [-0.15, -0.1) is 0 Å². The Balaban J connectivity index is 2.57. The van der Waals surface area contributed by atoms with E-state index < -0.39 is 11.7 Å². The van der Waals surface area contributed by atoms with E-state index in [1.165, 1.54) is 4.52 Å². The van der Waals surface area contributed by atoms with E-state index in [-0.39, 0.29) is 5.65 Å². The van der Waals surface area contributed by atoms with Crippen molar-refractivity contribution in [2.75, 3.05) is 0 Å². The number of carbonyl (C=O) groups excluding carboxylic acids is 1. The van der Waals surface area contributed by atoms with Crippen LogP contribution in [-0.4, -0.2) is 20.5 Å². The zero-order valence-electron chi connectivity index (χ0n) is 8.99. The predicted molar refractivity (Wildman–Crippen MR) is 60.3 cm³/mol. The first-order chi connectivity index (χ1) is 8.09. The topological polar surface area (TPSA) is 76.2 Å². The number of primary amides is 1. The van der Waals surface area contributed by atoms with E-state index in [1.807, 2.05) is 0 Å². The number of nitrogens with zero attached hydrogens (tertiary/aromatic N) is 2. The number of aromatic nitrogens is 3. The smallest absolute Gasteiger partial charge is 0.250 e. The molecule has 6 heteroatoms. The molecule has 0 aliphatic rings. The number of halogens is 1. The normalized spacial score (nSPS) is 11.4. The van der Waals surface area contributed by atoms with Gasteiger partial charge in [0.25, 0.3) is 5.91 Å². The van der Waals surface area contributed by atoms with Crippen LogP contribution in [-0.2, 0) is 0 Å². The van der Waals surface area contributed by atoms with Crippen LogP contribution in [0.4, 0.5) is 4.39 Å². The van der Waals surface area contributed by atoms with E-state index in [9.17, 15) is 9.18 Å². The maximum atomic E-state index is 13.7. The van der Waals surface area contributed by atoms with Crippen LogP contribution in [0.2, 0.25) is 0 Å². The molecule has 17 heavy (non-hydrogen) atoms. The number of aromatic amines is 1. The molecule has 0 radical (unpaired) electrons. The first-order valence-electron chi connectivity index (χ1n) is 5.04. The molecule has 3 rings (SSSR count). The van der Waals surface area contributed by atoms with Crippen molar-refractivity contribution in [3.05, 3.63) is 35.3 Å². The highest BCUT2D eigenvalue weighted by Crippen LogP contribution is 2.22. The van der Waals surface area contributed by atoms with Crippen molar-refractivity contribution in [2.24, 2.45) is 5.73 Å². The largest absolute Gasteiger partial charge is 0.366 e. The molecule has 86 valence electrons. The maximum Gasteiger partial charge on any atom is 0.250 e. The average Bonchev–Trinajstić information content (AvgIpc) is 2.78. The first-order valence-corrected chi connectivity index (χ1v) is 5.04. The molecule has 3 N–H and O–H groups in total. The second-order valence-corrected chi connectivity index (χ2v) is 3.86. The van der Waals surface area contributed by atoms with Gasteiger partial charge in [-0.1, -0.05) is 6.07 Å². The van der Waals surface area contributed by atoms with Gasteiger partial charge in [-0.05, 0) is 19.1 Å². The Morgan fingerprint density at radius 1 is 1.53 bits per heavy atom. The van der Waals surface area contributed by atoms with E-state index in [0.717, 1.165) is 0 Å². The summed E-state index contributed by atoms with van der Waals surface area (Å²) in [6.07, 6.45) is 0. The van der Waals surface area contributed by atoms with E-state index in [2.05, 4.69) is 10.1 Å². The Morgan fingerprint density at radius 2 is 2.29 bits per heavy atom. The second-order valence-electron chi connectivity index (χ2n) is 3.86. The predicted octanol–water partition coefficient (Wildman–Crippen LogP) is 1.36. The molecule has 0 saturated heterocycles. The molecule has 5 nitrogen and oxygen atoms in total. The summed E-state index contributed by atoms with van der Waals surface area (Å²) in [5, 5.41) is 2.82. The molecule has 2 heterocycles. The number of imidazole rings is 1. The van der Waals surface area contributed by atoms with Crippen LogP contribution < -0.4 is 5.73 Å². The van der Waals surface area contributed by atoms with Gasteiger partial charge in [-0.2, -0.15) is 0 Å². The number of rotatable bonds is 1. The Hall–Kier alpha value is -2.37. The van der Waals surface area contributed by atoms with Gasteiger partial charge in [-0.3, -0.25) is 9.89 Å². The van der Waals surface area contributed by atoms with Crippen LogP contribution in [0.3, 0.4) is 0 Å². The molecule has 0 saturated carbocycles. The Morgan fingerprint density at radius 3 is 3.00 bits per heavy atom. The van der Waals surface area contributed by atoms with Crippen LogP contribution >= 0.6 is 0 Å². The van der Waals surface area contributed by atoms with Crippen molar-refractivity contribution in [2.45, 2.75) is 6.92 Å². The summed E-state index contributed by atoms with van der Waals surface area (Å²) < 4.78 is 15.1. The lowest BCUT2D eigenvalue weighted by Crippen LogP contribution is -2.12. The van der Waals surface area contributed by atoms with Crippen molar-refractivity contribution >= 4 is 22.6 Å². The number of benzene rings is 1. The van der Waals surface area contributed by atoms with Gasteiger partial charge < -0.3 is 5.73 Å². The minimum absolute atomic E-state index is 0.172. The molecule has 0 bridgehead atoms. The maximum absolute atomic E-state index is 13.7. The summed E-state index contributed by atoms with van der Waals surface area (Å²) >= 11 is 0. The first kappa shape index (κ1) is 9.83. The van der Waals surface area contributed by atoms with Crippen molar-refractivity contribution in [3.63, 3.8) is 0 Å². The minimum atomic E-state index is -0.565. The van der Waals surface area contributed by atoms with Gasteiger partial charge in [0.1, 0.15) is 5.52 Å². The number of fused-ring (bicyclic) bond motifs is 3. The van der Waals surface area contributed by atoms with Crippen molar-refractivity contribution in [3.8, 4) is 0 Å². The van der Waals surface area contributed by atoms with E-state index in [4.69, 9.17) is 5.73 Å². The van der Waals surface area contributed by atoms with E-state index in [1.54, 1.807) is 25.1 Å². The van der Waals surface area contributed by atoms with Crippen LogP contribution in [0.1, 0.15) is 16.1 Å². The molecule has 0 fully saturated rings. The number of H-pyrrole nitrogens is 1. The Bertz CT molecular complexity index is 756. The molecule has 0 aliphatic heterocycles. The van der Waals surface area contributed by atoms with Gasteiger partial charge >= 0.3 is 0 Å². The van der Waals surface area contributed by atoms with Crippen molar-refractivity contribution < 1.29 is 9.18 Å². The fourth-order valence-corrected chi connectivity index (χ4v) is 1.97. The SMILES string of the molecule is Cc1[nH]n2c(nc3cccc(C(N)=O)c32)c1F. The summed E-state index contributed by atoms with van der Waals surface area (Å²) in [4.78, 5) is 15.4. The summed E-state index contributed by atoms with van der Waals surface area (Å²) in [6, 6.07) is 4.96. The third kappa shape index (κ3) is 1.17. The highest BCUT2D eigenvalue weighted by atomic mass is 19.1. The second kappa shape index (κ2) is 3.07.